The summed E-state index contributed by atoms with van der Waals surface area (Å²) in [5.74, 6) is -0.231. The molecule has 0 saturated carbocycles. The number of quaternary nitrogens is 1. The van der Waals surface area contributed by atoms with Gasteiger partial charge in [0, 0.05) is 6.42 Å². The molecule has 0 aromatic heterocycles. The van der Waals surface area contributed by atoms with E-state index >= 15 is 0 Å². The zero-order chi connectivity index (χ0) is 42.1. The first-order valence-electron chi connectivity index (χ1n) is 22.4. The summed E-state index contributed by atoms with van der Waals surface area (Å²) < 4.78 is 23.2. The summed E-state index contributed by atoms with van der Waals surface area (Å²) in [5.41, 5.74) is 0. The van der Waals surface area contributed by atoms with Gasteiger partial charge in [0.25, 0.3) is 7.82 Å². The molecule has 3 unspecified atom stereocenters. The van der Waals surface area contributed by atoms with Crippen LogP contribution >= 0.6 is 7.82 Å². The topological polar surface area (TPSA) is 108 Å². The van der Waals surface area contributed by atoms with Crippen molar-refractivity contribution in [3.8, 4) is 0 Å². The third kappa shape index (κ3) is 41.6. The van der Waals surface area contributed by atoms with Gasteiger partial charge in [-0.2, -0.15) is 0 Å². The zero-order valence-corrected chi connectivity index (χ0v) is 37.9. The number of unbranched alkanes of at least 4 members (excludes halogenated alkanes) is 14. The van der Waals surface area contributed by atoms with Crippen LogP contribution in [0.5, 0.6) is 0 Å². The number of rotatable bonds is 39. The summed E-state index contributed by atoms with van der Waals surface area (Å²) in [6.07, 6.45) is 53.4. The van der Waals surface area contributed by atoms with E-state index in [0.29, 0.717) is 17.4 Å². The molecule has 0 rings (SSSR count). The quantitative estimate of drug-likeness (QED) is 0.0277. The maximum atomic E-state index is 12.9. The summed E-state index contributed by atoms with van der Waals surface area (Å²) in [6.45, 7) is 4.46. The van der Waals surface area contributed by atoms with Crippen molar-refractivity contribution < 1.29 is 32.9 Å². The molecular formula is C48H85N2O6P. The minimum atomic E-state index is -4.61. The molecule has 2 N–H and O–H groups in total. The Balaban J connectivity index is 4.50. The summed E-state index contributed by atoms with van der Waals surface area (Å²) >= 11 is 0. The van der Waals surface area contributed by atoms with Gasteiger partial charge in [-0.3, -0.25) is 9.36 Å². The van der Waals surface area contributed by atoms with E-state index in [4.69, 9.17) is 9.05 Å². The van der Waals surface area contributed by atoms with Crippen molar-refractivity contribution in [2.45, 2.75) is 174 Å². The number of likely N-dealkylation sites (N-methyl/N-ethyl adjacent to an activating group) is 1. The van der Waals surface area contributed by atoms with Crippen molar-refractivity contribution in [1.82, 2.24) is 5.32 Å². The number of nitrogens with zero attached hydrogens (tertiary/aromatic N) is 1. The SMILES string of the molecule is CC/C=C\C/C=C\C/C=C\C/C=C\C/C=C\CCCCCCCC(=O)NC(COP(=O)([O-])OCC[N+](C)(C)C)C(O)/C=C/CC/C=C/CCCCCCCCCC. The molecule has 0 heterocycles. The largest absolute Gasteiger partial charge is 0.756 e. The Morgan fingerprint density at radius 2 is 1.09 bits per heavy atom. The number of hydrogen-bond donors (Lipinski definition) is 2. The first kappa shape index (κ1) is 54.7. The average molecular weight is 817 g/mol. The van der Waals surface area contributed by atoms with Crippen LogP contribution in [0.25, 0.3) is 0 Å². The highest BCUT2D eigenvalue weighted by Crippen LogP contribution is 2.38. The summed E-state index contributed by atoms with van der Waals surface area (Å²) in [5, 5.41) is 13.7. The van der Waals surface area contributed by atoms with Gasteiger partial charge in [0.05, 0.1) is 39.9 Å². The molecule has 0 saturated heterocycles. The van der Waals surface area contributed by atoms with Crippen molar-refractivity contribution in [3.63, 3.8) is 0 Å². The van der Waals surface area contributed by atoms with Crippen LogP contribution in [0.15, 0.2) is 85.1 Å². The second-order valence-corrected chi connectivity index (χ2v) is 17.4. The van der Waals surface area contributed by atoms with Crippen molar-refractivity contribution in [2.75, 3.05) is 40.9 Å². The van der Waals surface area contributed by atoms with Crippen LogP contribution in [0.3, 0.4) is 0 Å². The van der Waals surface area contributed by atoms with Crippen molar-refractivity contribution >= 4 is 13.7 Å². The van der Waals surface area contributed by atoms with Crippen LogP contribution < -0.4 is 10.2 Å². The first-order chi connectivity index (χ1) is 27.5. The number of aliphatic hydroxyl groups is 1. The molecule has 0 fully saturated rings. The number of phosphoric acid groups is 1. The lowest BCUT2D eigenvalue weighted by Gasteiger charge is -2.29. The number of phosphoric ester groups is 1. The van der Waals surface area contributed by atoms with Gasteiger partial charge in [0.15, 0.2) is 0 Å². The Morgan fingerprint density at radius 1 is 0.632 bits per heavy atom. The van der Waals surface area contributed by atoms with Gasteiger partial charge in [0.1, 0.15) is 13.2 Å². The number of hydrogen-bond acceptors (Lipinski definition) is 6. The molecule has 0 aliphatic heterocycles. The molecule has 0 aromatic carbocycles. The molecular weight excluding hydrogens is 732 g/mol. The van der Waals surface area contributed by atoms with Gasteiger partial charge in [-0.1, -0.05) is 163 Å². The first-order valence-corrected chi connectivity index (χ1v) is 23.9. The van der Waals surface area contributed by atoms with Crippen LogP contribution in [0.1, 0.15) is 162 Å². The maximum Gasteiger partial charge on any atom is 0.268 e. The highest BCUT2D eigenvalue weighted by Gasteiger charge is 2.23. The molecule has 0 radical (unpaired) electrons. The molecule has 0 spiro atoms. The second kappa shape index (κ2) is 39.2. The third-order valence-electron chi connectivity index (χ3n) is 9.34. The molecule has 328 valence electrons. The van der Waals surface area contributed by atoms with Crippen LogP contribution in [-0.2, 0) is 18.4 Å². The summed E-state index contributed by atoms with van der Waals surface area (Å²) in [6, 6.07) is -0.918. The fourth-order valence-corrected chi connectivity index (χ4v) is 6.50. The summed E-state index contributed by atoms with van der Waals surface area (Å²) in [7, 11) is 1.21. The van der Waals surface area contributed by atoms with Gasteiger partial charge in [-0.15, -0.1) is 0 Å². The molecule has 0 aromatic rings. The smallest absolute Gasteiger partial charge is 0.268 e. The van der Waals surface area contributed by atoms with Gasteiger partial charge in [-0.25, -0.2) is 0 Å². The van der Waals surface area contributed by atoms with E-state index in [1.54, 1.807) is 6.08 Å². The molecule has 0 aliphatic rings. The van der Waals surface area contributed by atoms with Gasteiger partial charge >= 0.3 is 0 Å². The standard InChI is InChI=1S/C48H85N2O6P/c1-6-8-10-12-14-16-18-20-22-23-24-25-26-27-28-30-32-34-36-38-40-42-48(52)49-46(45-56-57(53,54)55-44-43-50(3,4)5)47(51)41-39-37-35-33-31-29-21-19-17-15-13-11-9-7-2/h8,10,14,16,20,22,24-25,27-28,31,33,39,41,46-47,51H,6-7,9,11-13,15,17-19,21,23,26,29-30,32,34-38,40,42-45H2,1-5H3,(H-,49,52,53,54)/b10-8-,16-14-,22-20-,25-24-,28-27-,33-31+,41-39+. The number of aliphatic hydroxyl groups excluding tert-OH is 1. The summed E-state index contributed by atoms with van der Waals surface area (Å²) in [4.78, 5) is 25.3. The zero-order valence-electron chi connectivity index (χ0n) is 37.0. The molecule has 57 heavy (non-hydrogen) atoms. The Morgan fingerprint density at radius 3 is 1.63 bits per heavy atom. The lowest BCUT2D eigenvalue weighted by atomic mass is 10.1. The second-order valence-electron chi connectivity index (χ2n) is 16.0. The highest BCUT2D eigenvalue weighted by atomic mass is 31.2. The van der Waals surface area contributed by atoms with Crippen LogP contribution in [0, 0.1) is 0 Å². The molecule has 3 atom stereocenters. The van der Waals surface area contributed by atoms with E-state index in [2.05, 4.69) is 92.1 Å². The Labute approximate surface area is 350 Å². The van der Waals surface area contributed by atoms with E-state index in [1.165, 1.54) is 51.4 Å². The Bertz CT molecular complexity index is 1200. The van der Waals surface area contributed by atoms with E-state index in [1.807, 2.05) is 27.2 Å². The lowest BCUT2D eigenvalue weighted by molar-refractivity contribution is -0.870. The van der Waals surface area contributed by atoms with Crippen LogP contribution in [-0.4, -0.2) is 68.5 Å². The van der Waals surface area contributed by atoms with Crippen LogP contribution in [0.2, 0.25) is 0 Å². The minimum absolute atomic E-state index is 0.0152. The number of amides is 1. The molecule has 0 bridgehead atoms. The molecule has 1 amide bonds. The molecule has 8 nitrogen and oxygen atoms in total. The Kier molecular flexibility index (Phi) is 37.6. The average Bonchev–Trinajstić information content (AvgIpc) is 3.16. The monoisotopic (exact) mass is 817 g/mol. The van der Waals surface area contributed by atoms with E-state index in [0.717, 1.165) is 89.9 Å². The number of allylic oxidation sites excluding steroid dienone is 13. The third-order valence-corrected chi connectivity index (χ3v) is 10.3. The van der Waals surface area contributed by atoms with E-state index in [9.17, 15) is 19.4 Å². The van der Waals surface area contributed by atoms with E-state index in [-0.39, 0.29) is 12.5 Å². The number of carbonyl (C=O) groups is 1. The van der Waals surface area contributed by atoms with Gasteiger partial charge < -0.3 is 28.8 Å². The van der Waals surface area contributed by atoms with E-state index < -0.39 is 26.6 Å². The molecule has 0 aliphatic carbocycles. The fourth-order valence-electron chi connectivity index (χ4n) is 5.78. The lowest BCUT2D eigenvalue weighted by Crippen LogP contribution is -2.45. The fraction of sp³-hybridized carbons (Fsp3) is 0.688. The Hall–Kier alpha value is -2.32. The van der Waals surface area contributed by atoms with Crippen molar-refractivity contribution in [1.29, 1.82) is 0 Å². The minimum Gasteiger partial charge on any atom is -0.756 e. The number of nitrogens with one attached hydrogen (secondary N) is 1. The normalized spacial score (nSPS) is 15.1. The van der Waals surface area contributed by atoms with Gasteiger partial charge in [-0.05, 0) is 77.0 Å². The number of carbonyl (C=O) groups excluding carboxylic acids is 1. The predicted octanol–water partition coefficient (Wildman–Crippen LogP) is 11.9. The van der Waals surface area contributed by atoms with Crippen LogP contribution in [0.4, 0.5) is 0 Å². The van der Waals surface area contributed by atoms with Crippen molar-refractivity contribution in [3.05, 3.63) is 85.1 Å². The maximum absolute atomic E-state index is 12.9. The highest BCUT2D eigenvalue weighted by molar-refractivity contribution is 7.45. The van der Waals surface area contributed by atoms with Gasteiger partial charge in [0.2, 0.25) is 5.91 Å². The predicted molar refractivity (Wildman–Crippen MR) is 242 cm³/mol. The van der Waals surface area contributed by atoms with Crippen molar-refractivity contribution in [2.24, 2.45) is 0 Å². The molecule has 9 heteroatoms.